The fourth-order valence-corrected chi connectivity index (χ4v) is 4.12. The number of rotatable bonds is 8. The normalized spacial score (nSPS) is 13.9. The highest BCUT2D eigenvalue weighted by molar-refractivity contribution is 5.93. The van der Waals surface area contributed by atoms with E-state index < -0.39 is 0 Å². The van der Waals surface area contributed by atoms with E-state index in [9.17, 15) is 4.79 Å². The van der Waals surface area contributed by atoms with Crippen LogP contribution in [0.3, 0.4) is 0 Å². The third-order valence-electron chi connectivity index (χ3n) is 5.81. The number of anilines is 1. The van der Waals surface area contributed by atoms with Crippen molar-refractivity contribution in [3.63, 3.8) is 0 Å². The second-order valence-electron chi connectivity index (χ2n) is 8.73. The minimum absolute atomic E-state index is 0.0208. The SMILES string of the molecule is CC(C)C(NCC(=O)Nc1ccccc1Cc1ccccc1)c1ccc2c(c1)OCCCO2. The Hall–Kier alpha value is -3.31. The second-order valence-corrected chi connectivity index (χ2v) is 8.73. The lowest BCUT2D eigenvalue weighted by molar-refractivity contribution is -0.115. The first-order chi connectivity index (χ1) is 16.1. The lowest BCUT2D eigenvalue weighted by Crippen LogP contribution is -2.33. The molecule has 1 amide bonds. The molecule has 5 heteroatoms. The van der Waals surface area contributed by atoms with Crippen LogP contribution < -0.4 is 20.1 Å². The van der Waals surface area contributed by atoms with Gasteiger partial charge in [-0.1, -0.05) is 68.4 Å². The van der Waals surface area contributed by atoms with E-state index in [0.717, 1.165) is 41.2 Å². The van der Waals surface area contributed by atoms with E-state index in [0.29, 0.717) is 19.1 Å². The van der Waals surface area contributed by atoms with Crippen molar-refractivity contribution in [2.45, 2.75) is 32.7 Å². The van der Waals surface area contributed by atoms with Gasteiger partial charge in [-0.05, 0) is 47.2 Å². The van der Waals surface area contributed by atoms with Crippen LogP contribution in [0.15, 0.2) is 72.8 Å². The van der Waals surface area contributed by atoms with E-state index in [4.69, 9.17) is 9.47 Å². The first kappa shape index (κ1) is 22.9. The molecule has 0 aliphatic carbocycles. The minimum Gasteiger partial charge on any atom is -0.490 e. The van der Waals surface area contributed by atoms with Crippen molar-refractivity contribution in [2.75, 3.05) is 25.1 Å². The first-order valence-electron chi connectivity index (χ1n) is 11.6. The highest BCUT2D eigenvalue weighted by atomic mass is 16.5. The standard InChI is InChI=1S/C28H32N2O3/c1-20(2)28(23-13-14-25-26(18-23)33-16-8-15-32-25)29-19-27(31)30-24-12-7-6-11-22(24)17-21-9-4-3-5-10-21/h3-7,9-14,18,20,28-29H,8,15-17,19H2,1-2H3,(H,30,31). The highest BCUT2D eigenvalue weighted by Gasteiger charge is 2.20. The Morgan fingerprint density at radius 3 is 2.42 bits per heavy atom. The van der Waals surface area contributed by atoms with Crippen molar-refractivity contribution in [3.8, 4) is 11.5 Å². The molecule has 5 nitrogen and oxygen atoms in total. The third kappa shape index (κ3) is 6.14. The summed E-state index contributed by atoms with van der Waals surface area (Å²) in [5, 5.41) is 6.53. The molecule has 1 unspecified atom stereocenters. The third-order valence-corrected chi connectivity index (χ3v) is 5.81. The number of fused-ring (bicyclic) bond motifs is 1. The van der Waals surface area contributed by atoms with Crippen LogP contribution in [-0.4, -0.2) is 25.7 Å². The summed E-state index contributed by atoms with van der Waals surface area (Å²) in [7, 11) is 0. The molecular formula is C28H32N2O3. The quantitative estimate of drug-likeness (QED) is 0.491. The lowest BCUT2D eigenvalue weighted by Gasteiger charge is -2.24. The molecule has 2 N–H and O–H groups in total. The first-order valence-corrected chi connectivity index (χ1v) is 11.6. The van der Waals surface area contributed by atoms with Gasteiger partial charge >= 0.3 is 0 Å². The number of hydrogen-bond donors (Lipinski definition) is 2. The van der Waals surface area contributed by atoms with Gasteiger partial charge in [-0.15, -0.1) is 0 Å². The molecule has 1 atom stereocenters. The van der Waals surface area contributed by atoms with Crippen LogP contribution in [-0.2, 0) is 11.2 Å². The van der Waals surface area contributed by atoms with Crippen molar-refractivity contribution in [1.29, 1.82) is 0 Å². The van der Waals surface area contributed by atoms with Crippen LogP contribution in [0.4, 0.5) is 5.69 Å². The molecule has 0 radical (unpaired) electrons. The molecule has 0 spiro atoms. The zero-order chi connectivity index (χ0) is 23.0. The Morgan fingerprint density at radius 1 is 0.909 bits per heavy atom. The number of carbonyl (C=O) groups excluding carboxylic acids is 1. The van der Waals surface area contributed by atoms with Crippen molar-refractivity contribution in [3.05, 3.63) is 89.5 Å². The molecule has 33 heavy (non-hydrogen) atoms. The fraction of sp³-hybridized carbons (Fsp3) is 0.321. The van der Waals surface area contributed by atoms with Gasteiger partial charge in [0, 0.05) is 18.2 Å². The molecule has 3 aromatic carbocycles. The van der Waals surface area contributed by atoms with Gasteiger partial charge in [0.1, 0.15) is 0 Å². The van der Waals surface area contributed by atoms with Gasteiger partial charge in [0.2, 0.25) is 5.91 Å². The summed E-state index contributed by atoms with van der Waals surface area (Å²) in [6.45, 7) is 5.84. The number of para-hydroxylation sites is 1. The topological polar surface area (TPSA) is 59.6 Å². The summed E-state index contributed by atoms with van der Waals surface area (Å²) in [6, 6.07) is 24.3. The van der Waals surface area contributed by atoms with Crippen LogP contribution in [0.5, 0.6) is 11.5 Å². The smallest absolute Gasteiger partial charge is 0.238 e. The largest absolute Gasteiger partial charge is 0.490 e. The molecule has 0 aromatic heterocycles. The Bertz CT molecular complexity index is 1070. The maximum absolute atomic E-state index is 12.8. The van der Waals surface area contributed by atoms with Gasteiger partial charge in [-0.3, -0.25) is 4.79 Å². The summed E-state index contributed by atoms with van der Waals surface area (Å²) in [4.78, 5) is 12.8. The summed E-state index contributed by atoms with van der Waals surface area (Å²) in [6.07, 6.45) is 1.65. The van der Waals surface area contributed by atoms with E-state index in [-0.39, 0.29) is 18.5 Å². The Morgan fingerprint density at radius 2 is 1.64 bits per heavy atom. The number of benzene rings is 3. The highest BCUT2D eigenvalue weighted by Crippen LogP contribution is 2.34. The Balaban J connectivity index is 1.41. The second kappa shape index (κ2) is 11.0. The van der Waals surface area contributed by atoms with Crippen LogP contribution in [0.25, 0.3) is 0 Å². The van der Waals surface area contributed by atoms with Crippen molar-refractivity contribution >= 4 is 11.6 Å². The molecule has 1 aliphatic heterocycles. The summed E-state index contributed by atoms with van der Waals surface area (Å²) in [5.41, 5.74) is 4.25. The zero-order valence-corrected chi connectivity index (χ0v) is 19.3. The van der Waals surface area contributed by atoms with Gasteiger partial charge in [-0.2, -0.15) is 0 Å². The number of nitrogens with one attached hydrogen (secondary N) is 2. The number of ether oxygens (including phenoxy) is 2. The van der Waals surface area contributed by atoms with Gasteiger partial charge in [0.15, 0.2) is 11.5 Å². The predicted molar refractivity (Wildman–Crippen MR) is 132 cm³/mol. The average molecular weight is 445 g/mol. The lowest BCUT2D eigenvalue weighted by atomic mass is 9.95. The molecule has 1 aliphatic rings. The van der Waals surface area contributed by atoms with Crippen LogP contribution >= 0.6 is 0 Å². The summed E-state index contributed by atoms with van der Waals surface area (Å²) >= 11 is 0. The molecular weight excluding hydrogens is 412 g/mol. The van der Waals surface area contributed by atoms with Crippen molar-refractivity contribution in [1.82, 2.24) is 5.32 Å². The van der Waals surface area contributed by atoms with Gasteiger partial charge in [-0.25, -0.2) is 0 Å². The van der Waals surface area contributed by atoms with Crippen LogP contribution in [0, 0.1) is 5.92 Å². The van der Waals surface area contributed by atoms with E-state index in [1.54, 1.807) is 0 Å². The van der Waals surface area contributed by atoms with E-state index in [2.05, 4.69) is 48.7 Å². The molecule has 3 aromatic rings. The number of carbonyl (C=O) groups is 1. The molecule has 0 saturated heterocycles. The summed E-state index contributed by atoms with van der Waals surface area (Å²) in [5.74, 6) is 1.80. The van der Waals surface area contributed by atoms with Gasteiger partial charge < -0.3 is 20.1 Å². The molecule has 4 rings (SSSR count). The van der Waals surface area contributed by atoms with Crippen LogP contribution in [0.2, 0.25) is 0 Å². The van der Waals surface area contributed by atoms with E-state index in [1.165, 1.54) is 5.56 Å². The maximum Gasteiger partial charge on any atom is 0.238 e. The van der Waals surface area contributed by atoms with Crippen molar-refractivity contribution in [2.24, 2.45) is 5.92 Å². The zero-order valence-electron chi connectivity index (χ0n) is 19.3. The Kier molecular flexibility index (Phi) is 7.63. The van der Waals surface area contributed by atoms with Gasteiger partial charge in [0.25, 0.3) is 0 Å². The maximum atomic E-state index is 12.8. The number of hydrogen-bond acceptors (Lipinski definition) is 4. The summed E-state index contributed by atoms with van der Waals surface area (Å²) < 4.78 is 11.6. The van der Waals surface area contributed by atoms with E-state index in [1.807, 2.05) is 48.5 Å². The predicted octanol–water partition coefficient (Wildman–Crippen LogP) is 5.36. The number of amides is 1. The molecule has 0 bridgehead atoms. The van der Waals surface area contributed by atoms with Crippen LogP contribution in [0.1, 0.15) is 43.0 Å². The molecule has 1 heterocycles. The minimum atomic E-state index is -0.0597. The Labute approximate surface area is 196 Å². The van der Waals surface area contributed by atoms with E-state index >= 15 is 0 Å². The monoisotopic (exact) mass is 444 g/mol. The molecule has 0 saturated carbocycles. The molecule has 172 valence electrons. The van der Waals surface area contributed by atoms with Crippen molar-refractivity contribution < 1.29 is 14.3 Å². The molecule has 0 fully saturated rings. The van der Waals surface area contributed by atoms with Gasteiger partial charge in [0.05, 0.1) is 19.8 Å². The fourth-order valence-electron chi connectivity index (χ4n) is 4.12. The average Bonchev–Trinajstić information content (AvgIpc) is 3.06.